The lowest BCUT2D eigenvalue weighted by molar-refractivity contribution is -0.152. The largest absolute Gasteiger partial charge is 0.463 e. The molecule has 1 aliphatic heterocycles. The van der Waals surface area contributed by atoms with Gasteiger partial charge in [-0.2, -0.15) is 0 Å². The summed E-state index contributed by atoms with van der Waals surface area (Å²) in [5.74, 6) is 0.285. The Balaban J connectivity index is -0.000000276. The lowest BCUT2D eigenvalue weighted by Gasteiger charge is -2.29. The molecule has 0 radical (unpaired) electrons. The van der Waals surface area contributed by atoms with Crippen molar-refractivity contribution >= 4 is 11.7 Å². The van der Waals surface area contributed by atoms with Crippen LogP contribution in [0.2, 0.25) is 0 Å². The molecular weight excluding hydrogens is 681 g/mol. The lowest BCUT2D eigenvalue weighted by Crippen LogP contribution is -2.36. The number of benzene rings is 1. The molecule has 1 aromatic rings. The number of unbranched alkanes of at least 4 members (excludes halogenated alkanes) is 3. The van der Waals surface area contributed by atoms with Gasteiger partial charge in [-0.25, -0.2) is 0 Å². The molecule has 0 amide bonds. The number of cyclic esters (lactones) is 1. The Bertz CT molecular complexity index is 915. The Morgan fingerprint density at radius 3 is 1.96 bits per heavy atom. The third-order valence-corrected chi connectivity index (χ3v) is 8.68. The number of nitrogens with zero attached hydrogens (tertiary/aromatic N) is 1. The predicted octanol–water partition coefficient (Wildman–Crippen LogP) is 11.2. The minimum atomic E-state index is -0.733. The van der Waals surface area contributed by atoms with Gasteiger partial charge in [0.05, 0.1) is 23.8 Å². The first kappa shape index (κ1) is 61.2. The van der Waals surface area contributed by atoms with Crippen LogP contribution in [0.5, 0.6) is 0 Å². The van der Waals surface area contributed by atoms with Crippen LogP contribution in [-0.4, -0.2) is 67.8 Å². The molecule has 9 nitrogen and oxygen atoms in total. The minimum Gasteiger partial charge on any atom is -0.463 e. The Hall–Kier alpha value is -2.04. The summed E-state index contributed by atoms with van der Waals surface area (Å²) in [5.41, 5.74) is 7.08. The maximum absolute atomic E-state index is 12.3. The van der Waals surface area contributed by atoms with Crippen LogP contribution in [0.1, 0.15) is 167 Å². The van der Waals surface area contributed by atoms with Gasteiger partial charge in [0.1, 0.15) is 13.2 Å². The smallest absolute Gasteiger partial charge is 0.308 e. The highest BCUT2D eigenvalue weighted by Gasteiger charge is 2.30. The van der Waals surface area contributed by atoms with Gasteiger partial charge in [-0.3, -0.25) is 4.79 Å². The zero-order chi connectivity index (χ0) is 41.6. The minimum absolute atomic E-state index is 0. The fraction of sp³-hybridized carbons (Fsp3) is 0.822. The summed E-state index contributed by atoms with van der Waals surface area (Å²) in [6, 6.07) is 9.99. The first-order valence-electron chi connectivity index (χ1n) is 20.8. The van der Waals surface area contributed by atoms with Crippen LogP contribution in [0.25, 0.3) is 0 Å². The van der Waals surface area contributed by atoms with Crippen molar-refractivity contribution in [3.8, 4) is 0 Å². The SMILES string of the molecule is C.CC.CC.CC1C[C@H](C)CCC[C@@H](C)/C(=N\OCc2ccccc2)C(C)C(C)C(O)COC1=O.CCCCCCC(C)OC(C)O.CCCN.COC. The van der Waals surface area contributed by atoms with Gasteiger partial charge in [-0.05, 0) is 69.4 Å². The Kier molecular flexibility index (Phi) is 49.5. The molecule has 0 bridgehead atoms. The number of carbonyl (C=O) groups is 1. The van der Waals surface area contributed by atoms with Crippen LogP contribution in [0, 0.1) is 29.6 Å². The lowest BCUT2D eigenvalue weighted by atomic mass is 9.80. The van der Waals surface area contributed by atoms with E-state index in [9.17, 15) is 9.90 Å². The van der Waals surface area contributed by atoms with E-state index in [4.69, 9.17) is 25.2 Å². The number of ether oxygens (including phenoxy) is 3. The van der Waals surface area contributed by atoms with E-state index in [0.717, 1.165) is 56.3 Å². The van der Waals surface area contributed by atoms with E-state index < -0.39 is 12.4 Å². The molecule has 1 aromatic carbocycles. The van der Waals surface area contributed by atoms with Crippen molar-refractivity contribution in [3.63, 3.8) is 0 Å². The van der Waals surface area contributed by atoms with Crippen molar-refractivity contribution in [1.29, 1.82) is 0 Å². The van der Waals surface area contributed by atoms with Crippen molar-refractivity contribution in [2.24, 2.45) is 40.5 Å². The Morgan fingerprint density at radius 2 is 1.46 bits per heavy atom. The Morgan fingerprint density at radius 1 is 0.907 bits per heavy atom. The molecule has 6 unspecified atom stereocenters. The standard InChI is InChI=1S/C25H39NO4.C10H22O2.C3H9N.C2H6O.2C2H6.CH4/c1-17-10-9-11-18(2)24(26-30-15-22-12-7-6-8-13-22)21(5)20(4)23(27)16-29-25(28)19(3)14-17;1-4-5-6-7-8-9(2)12-10(3)11;1-2-3-4;1-3-2;2*1-2;/h6-8,12-13,17-21,23,27H,9-11,14-16H2,1-5H3;9-11H,4-8H2,1-3H3;2-4H2,1H3;1-2H3;2*1-2H3;1H4/b26-24+;;;;;;/t17-,18-,19?,20?,21?,23?;;;;;;/m1....../s1. The zero-order valence-corrected chi connectivity index (χ0v) is 37.2. The van der Waals surface area contributed by atoms with Gasteiger partial charge < -0.3 is 35.0 Å². The van der Waals surface area contributed by atoms with E-state index >= 15 is 0 Å². The number of nitrogens with two attached hydrogens (primary N) is 1. The molecule has 8 atom stereocenters. The van der Waals surface area contributed by atoms with E-state index in [1.807, 2.05) is 78.8 Å². The monoisotopic (exact) mass is 773 g/mol. The topological polar surface area (TPSA) is 133 Å². The summed E-state index contributed by atoms with van der Waals surface area (Å²) >= 11 is 0. The summed E-state index contributed by atoms with van der Waals surface area (Å²) in [7, 11) is 3.25. The van der Waals surface area contributed by atoms with E-state index in [2.05, 4.69) is 44.5 Å². The number of hydrogen-bond acceptors (Lipinski definition) is 9. The van der Waals surface area contributed by atoms with E-state index in [1.165, 1.54) is 25.7 Å². The molecule has 0 saturated carbocycles. The van der Waals surface area contributed by atoms with Gasteiger partial charge in [-0.1, -0.05) is 158 Å². The Labute approximate surface area is 335 Å². The van der Waals surface area contributed by atoms with Crippen LogP contribution in [0.4, 0.5) is 0 Å². The van der Waals surface area contributed by atoms with E-state index in [1.54, 1.807) is 21.1 Å². The summed E-state index contributed by atoms with van der Waals surface area (Å²) in [5, 5.41) is 24.1. The van der Waals surface area contributed by atoms with Gasteiger partial charge in [0.15, 0.2) is 6.29 Å². The molecular formula is C45H92N2O7. The maximum Gasteiger partial charge on any atom is 0.308 e. The average Bonchev–Trinajstić information content (AvgIpc) is 3.15. The first-order chi connectivity index (χ1) is 25.3. The van der Waals surface area contributed by atoms with Crippen LogP contribution >= 0.6 is 0 Å². The molecule has 2 rings (SSSR count). The van der Waals surface area contributed by atoms with Gasteiger partial charge in [0, 0.05) is 20.1 Å². The molecule has 9 heteroatoms. The molecule has 1 saturated heterocycles. The van der Waals surface area contributed by atoms with Gasteiger partial charge >= 0.3 is 5.97 Å². The number of carbonyl (C=O) groups excluding carboxylic acids is 1. The molecule has 4 N–H and O–H groups in total. The molecule has 54 heavy (non-hydrogen) atoms. The number of hydrogen-bond donors (Lipinski definition) is 3. The maximum atomic E-state index is 12.3. The van der Waals surface area contributed by atoms with Crippen molar-refractivity contribution in [2.75, 3.05) is 27.4 Å². The highest BCUT2D eigenvalue weighted by Crippen LogP contribution is 2.27. The van der Waals surface area contributed by atoms with Crippen molar-refractivity contribution in [2.45, 2.75) is 187 Å². The number of aliphatic hydroxyl groups excluding tert-OH is 2. The predicted molar refractivity (Wildman–Crippen MR) is 233 cm³/mol. The summed E-state index contributed by atoms with van der Waals surface area (Å²) in [4.78, 5) is 18.0. The van der Waals surface area contributed by atoms with E-state index in [0.29, 0.717) is 12.5 Å². The zero-order valence-electron chi connectivity index (χ0n) is 37.2. The molecule has 1 fully saturated rings. The second-order valence-corrected chi connectivity index (χ2v) is 13.8. The molecule has 0 aliphatic carbocycles. The quantitative estimate of drug-likeness (QED) is 0.0876. The fourth-order valence-electron chi connectivity index (χ4n) is 5.44. The van der Waals surface area contributed by atoms with Gasteiger partial charge in [-0.15, -0.1) is 0 Å². The molecule has 324 valence electrons. The first-order valence-corrected chi connectivity index (χ1v) is 20.8. The third kappa shape index (κ3) is 35.6. The average molecular weight is 773 g/mol. The van der Waals surface area contributed by atoms with E-state index in [-0.39, 0.29) is 49.8 Å². The molecule has 0 spiro atoms. The second-order valence-electron chi connectivity index (χ2n) is 13.8. The van der Waals surface area contributed by atoms with Crippen LogP contribution in [-0.2, 0) is 30.4 Å². The van der Waals surface area contributed by atoms with Crippen molar-refractivity contribution < 1.29 is 34.1 Å². The van der Waals surface area contributed by atoms with Gasteiger partial charge in [0.25, 0.3) is 0 Å². The fourth-order valence-corrected chi connectivity index (χ4v) is 5.44. The third-order valence-electron chi connectivity index (χ3n) is 8.68. The highest BCUT2D eigenvalue weighted by atomic mass is 16.6. The molecule has 0 aromatic heterocycles. The summed E-state index contributed by atoms with van der Waals surface area (Å²) in [6.07, 6.45) is 10.1. The number of rotatable bonds is 11. The number of aliphatic hydroxyl groups is 2. The van der Waals surface area contributed by atoms with Crippen LogP contribution in [0.3, 0.4) is 0 Å². The molecule has 1 heterocycles. The summed E-state index contributed by atoms with van der Waals surface area (Å²) < 4.78 is 14.9. The molecule has 1 aliphatic rings. The number of oxime groups is 1. The normalized spacial score (nSPS) is 23.3. The van der Waals surface area contributed by atoms with Crippen LogP contribution < -0.4 is 5.73 Å². The summed E-state index contributed by atoms with van der Waals surface area (Å²) in [6.45, 7) is 27.6. The van der Waals surface area contributed by atoms with Crippen LogP contribution in [0.15, 0.2) is 35.5 Å². The van der Waals surface area contributed by atoms with Gasteiger partial charge in [0.2, 0.25) is 0 Å². The number of esters is 1. The number of methoxy groups -OCH3 is 1. The highest BCUT2D eigenvalue weighted by molar-refractivity contribution is 5.88. The van der Waals surface area contributed by atoms with Crippen molar-refractivity contribution in [1.82, 2.24) is 0 Å². The van der Waals surface area contributed by atoms with Crippen molar-refractivity contribution in [3.05, 3.63) is 35.9 Å². The second kappa shape index (κ2) is 43.7.